The second-order valence-corrected chi connectivity index (χ2v) is 6.82. The van der Waals surface area contributed by atoms with Crippen molar-refractivity contribution >= 4 is 6.09 Å². The first kappa shape index (κ1) is 12.9. The van der Waals surface area contributed by atoms with Crippen molar-refractivity contribution in [2.45, 2.75) is 70.3 Å². The van der Waals surface area contributed by atoms with Crippen molar-refractivity contribution in [2.24, 2.45) is 0 Å². The van der Waals surface area contributed by atoms with Crippen molar-refractivity contribution in [1.82, 2.24) is 4.90 Å². The van der Waals surface area contributed by atoms with Crippen molar-refractivity contribution < 1.29 is 19.0 Å². The van der Waals surface area contributed by atoms with Gasteiger partial charge in [-0.05, 0) is 34.6 Å². The molecule has 5 heteroatoms. The number of rotatable bonds is 0. The molecule has 0 aromatic heterocycles. The molecule has 4 atom stereocenters. The van der Waals surface area contributed by atoms with Crippen molar-refractivity contribution in [2.75, 3.05) is 0 Å². The zero-order chi connectivity index (χ0) is 14.0. The molecule has 3 aliphatic rings. The van der Waals surface area contributed by atoms with E-state index in [-0.39, 0.29) is 30.4 Å². The molecule has 3 heterocycles. The molecule has 1 amide bonds. The third-order valence-corrected chi connectivity index (χ3v) is 3.59. The smallest absolute Gasteiger partial charge is 0.411 e. The van der Waals surface area contributed by atoms with Gasteiger partial charge in [0.15, 0.2) is 5.79 Å². The summed E-state index contributed by atoms with van der Waals surface area (Å²) >= 11 is 0. The molecule has 3 rings (SSSR count). The third-order valence-electron chi connectivity index (χ3n) is 3.59. The molecule has 0 unspecified atom stereocenters. The van der Waals surface area contributed by atoms with E-state index < -0.39 is 11.4 Å². The lowest BCUT2D eigenvalue weighted by molar-refractivity contribution is -0.160. The molecule has 19 heavy (non-hydrogen) atoms. The van der Waals surface area contributed by atoms with E-state index in [0.717, 1.165) is 0 Å². The third kappa shape index (κ3) is 2.05. The lowest BCUT2D eigenvalue weighted by atomic mass is 10.0. The molecule has 0 N–H and O–H groups in total. The summed E-state index contributed by atoms with van der Waals surface area (Å²) in [5, 5.41) is 0. The van der Waals surface area contributed by atoms with Gasteiger partial charge < -0.3 is 14.2 Å². The van der Waals surface area contributed by atoms with E-state index in [1.54, 1.807) is 4.90 Å². The lowest BCUT2D eigenvalue weighted by Crippen LogP contribution is -2.44. The van der Waals surface area contributed by atoms with Crippen LogP contribution in [0.2, 0.25) is 0 Å². The van der Waals surface area contributed by atoms with Crippen LogP contribution in [0.25, 0.3) is 0 Å². The zero-order valence-corrected chi connectivity index (χ0v) is 12.0. The first-order valence-corrected chi connectivity index (χ1v) is 6.73. The molecule has 0 radical (unpaired) electrons. The van der Waals surface area contributed by atoms with Crippen LogP contribution in [-0.4, -0.2) is 46.7 Å². The topological polar surface area (TPSA) is 48.0 Å². The van der Waals surface area contributed by atoms with E-state index in [2.05, 4.69) is 0 Å². The first-order chi connectivity index (χ1) is 8.68. The quantitative estimate of drug-likeness (QED) is 0.630. The van der Waals surface area contributed by atoms with Crippen molar-refractivity contribution in [3.05, 3.63) is 12.2 Å². The van der Waals surface area contributed by atoms with Gasteiger partial charge in [-0.25, -0.2) is 4.79 Å². The second kappa shape index (κ2) is 3.73. The van der Waals surface area contributed by atoms with Crippen LogP contribution in [0.1, 0.15) is 34.6 Å². The summed E-state index contributed by atoms with van der Waals surface area (Å²) in [6.07, 6.45) is 3.56. The predicted molar refractivity (Wildman–Crippen MR) is 68.6 cm³/mol. The van der Waals surface area contributed by atoms with Crippen molar-refractivity contribution in [3.8, 4) is 0 Å². The number of fused-ring (bicyclic) bond motifs is 5. The average molecular weight is 267 g/mol. The minimum atomic E-state index is -0.572. The van der Waals surface area contributed by atoms with E-state index in [9.17, 15) is 4.79 Å². The Morgan fingerprint density at radius 3 is 2.05 bits per heavy atom. The summed E-state index contributed by atoms with van der Waals surface area (Å²) in [6, 6.07) is -0.154. The normalized spacial score (nSPS) is 38.7. The molecule has 2 fully saturated rings. The molecule has 0 aromatic rings. The fourth-order valence-corrected chi connectivity index (χ4v) is 3.05. The average Bonchev–Trinajstić information content (AvgIpc) is 2.80. The Morgan fingerprint density at radius 1 is 1.16 bits per heavy atom. The highest BCUT2D eigenvalue weighted by Gasteiger charge is 2.60. The number of ether oxygens (including phenoxy) is 3. The van der Waals surface area contributed by atoms with E-state index in [0.29, 0.717) is 0 Å². The first-order valence-electron chi connectivity index (χ1n) is 6.73. The molecular formula is C14H21NO4. The number of carbonyl (C=O) groups is 1. The Bertz CT molecular complexity index is 413. The van der Waals surface area contributed by atoms with Gasteiger partial charge in [0.05, 0.1) is 12.1 Å². The van der Waals surface area contributed by atoms with Crippen LogP contribution in [0.3, 0.4) is 0 Å². The lowest BCUT2D eigenvalue weighted by Gasteiger charge is -2.30. The van der Waals surface area contributed by atoms with Gasteiger partial charge in [-0.15, -0.1) is 0 Å². The molecule has 0 spiro atoms. The predicted octanol–water partition coefficient (Wildman–Crippen LogP) is 2.06. The van der Waals surface area contributed by atoms with Crippen LogP contribution >= 0.6 is 0 Å². The molecular weight excluding hydrogens is 246 g/mol. The summed E-state index contributed by atoms with van der Waals surface area (Å²) in [7, 11) is 0. The van der Waals surface area contributed by atoms with Gasteiger partial charge in [0.2, 0.25) is 0 Å². The molecule has 2 bridgehead atoms. The SMILES string of the molecule is CC(C)(C)OC(=O)N1[C@@H]2C=C[C@H]1[C@@H]1OC(C)(C)O[C@@H]12. The van der Waals surface area contributed by atoms with Gasteiger partial charge in [0.1, 0.15) is 17.8 Å². The number of hydrogen-bond acceptors (Lipinski definition) is 4. The fraction of sp³-hybridized carbons (Fsp3) is 0.786. The minimum Gasteiger partial charge on any atom is -0.444 e. The maximum atomic E-state index is 12.3. The number of hydrogen-bond donors (Lipinski definition) is 0. The molecule has 0 aromatic carbocycles. The van der Waals surface area contributed by atoms with Crippen molar-refractivity contribution in [1.29, 1.82) is 0 Å². The number of amides is 1. The molecule has 5 nitrogen and oxygen atoms in total. The van der Waals surface area contributed by atoms with Crippen LogP contribution in [0.4, 0.5) is 4.79 Å². The molecule has 0 saturated carbocycles. The fourth-order valence-electron chi connectivity index (χ4n) is 3.05. The van der Waals surface area contributed by atoms with Gasteiger partial charge in [-0.1, -0.05) is 12.2 Å². The van der Waals surface area contributed by atoms with Crippen LogP contribution in [-0.2, 0) is 14.2 Å². The monoisotopic (exact) mass is 267 g/mol. The maximum absolute atomic E-state index is 12.3. The number of carbonyl (C=O) groups excluding carboxylic acids is 1. The Morgan fingerprint density at radius 2 is 1.63 bits per heavy atom. The standard InChI is InChI=1S/C14H21NO4/c1-13(2,3)19-12(16)15-8-6-7-9(15)11-10(8)17-14(4,5)18-11/h6-11H,1-5H3/t8-,9+,10-,11+. The summed E-state index contributed by atoms with van der Waals surface area (Å²) < 4.78 is 17.2. The Hall–Kier alpha value is -1.07. The van der Waals surface area contributed by atoms with E-state index in [1.165, 1.54) is 0 Å². The van der Waals surface area contributed by atoms with Gasteiger partial charge in [-0.3, -0.25) is 4.90 Å². The van der Waals surface area contributed by atoms with E-state index >= 15 is 0 Å². The Kier molecular flexibility index (Phi) is 2.54. The van der Waals surface area contributed by atoms with Crippen LogP contribution in [0.15, 0.2) is 12.2 Å². The molecule has 2 saturated heterocycles. The van der Waals surface area contributed by atoms with Gasteiger partial charge >= 0.3 is 6.09 Å². The summed E-state index contributed by atoms with van der Waals surface area (Å²) in [6.45, 7) is 9.42. The molecule has 106 valence electrons. The summed E-state index contributed by atoms with van der Waals surface area (Å²) in [5.41, 5.74) is -0.491. The van der Waals surface area contributed by atoms with Gasteiger partial charge in [0.25, 0.3) is 0 Å². The van der Waals surface area contributed by atoms with E-state index in [4.69, 9.17) is 14.2 Å². The van der Waals surface area contributed by atoms with Crippen LogP contribution < -0.4 is 0 Å². The Labute approximate surface area is 113 Å². The zero-order valence-electron chi connectivity index (χ0n) is 12.0. The van der Waals surface area contributed by atoms with E-state index in [1.807, 2.05) is 46.8 Å². The highest BCUT2D eigenvalue weighted by molar-refractivity contribution is 5.72. The maximum Gasteiger partial charge on any atom is 0.411 e. The van der Waals surface area contributed by atoms with Crippen LogP contribution in [0, 0.1) is 0 Å². The van der Waals surface area contributed by atoms with Gasteiger partial charge in [0, 0.05) is 0 Å². The summed E-state index contributed by atoms with van der Waals surface area (Å²) in [5.74, 6) is -0.572. The second-order valence-electron chi connectivity index (χ2n) is 6.82. The highest BCUT2D eigenvalue weighted by atomic mass is 16.8. The largest absolute Gasteiger partial charge is 0.444 e. The Balaban J connectivity index is 1.77. The number of nitrogens with zero attached hydrogens (tertiary/aromatic N) is 1. The highest BCUT2D eigenvalue weighted by Crippen LogP contribution is 2.44. The molecule has 3 aliphatic heterocycles. The summed E-state index contributed by atoms with van der Waals surface area (Å²) in [4.78, 5) is 14.0. The van der Waals surface area contributed by atoms with Crippen molar-refractivity contribution in [3.63, 3.8) is 0 Å². The molecule has 0 aliphatic carbocycles. The minimum absolute atomic E-state index is 0.0772. The van der Waals surface area contributed by atoms with Crippen LogP contribution in [0.5, 0.6) is 0 Å². The van der Waals surface area contributed by atoms with Gasteiger partial charge in [-0.2, -0.15) is 0 Å².